The lowest BCUT2D eigenvalue weighted by Gasteiger charge is -2.28. The molecule has 0 spiro atoms. The van der Waals surface area contributed by atoms with Crippen molar-refractivity contribution in [2.24, 2.45) is 5.92 Å². The van der Waals surface area contributed by atoms with E-state index in [1.54, 1.807) is 4.68 Å². The Kier molecular flexibility index (Phi) is 4.61. The van der Waals surface area contributed by atoms with Crippen molar-refractivity contribution in [1.82, 2.24) is 15.0 Å². The topological polar surface area (TPSA) is 57.7 Å². The molecule has 2 aromatic rings. The summed E-state index contributed by atoms with van der Waals surface area (Å²) in [5.41, 5.74) is 3.56. The van der Waals surface area contributed by atoms with Gasteiger partial charge in [-0.15, -0.1) is 5.10 Å². The number of benzene rings is 1. The van der Waals surface area contributed by atoms with Crippen LogP contribution in [0.2, 0.25) is 0 Å². The monoisotopic (exact) mass is 309 g/mol. The van der Waals surface area contributed by atoms with E-state index in [1.807, 2.05) is 0 Å². The average Bonchev–Trinajstić information content (AvgIpc) is 2.98. The van der Waals surface area contributed by atoms with Crippen molar-refractivity contribution in [3.8, 4) is 11.8 Å². The third kappa shape index (κ3) is 3.37. The van der Waals surface area contributed by atoms with Gasteiger partial charge in [-0.05, 0) is 55.9 Å². The molecule has 0 radical (unpaired) electrons. The summed E-state index contributed by atoms with van der Waals surface area (Å²) in [5.74, 6) is 0.451. The number of nitrogens with zero attached hydrogens (tertiary/aromatic N) is 5. The van der Waals surface area contributed by atoms with Gasteiger partial charge < -0.3 is 4.90 Å². The molecule has 0 amide bonds. The molecule has 3 rings (SSSR count). The van der Waals surface area contributed by atoms with Crippen LogP contribution >= 0.6 is 0 Å². The summed E-state index contributed by atoms with van der Waals surface area (Å²) in [6.07, 6.45) is 4.68. The quantitative estimate of drug-likeness (QED) is 0.869. The molecule has 5 nitrogen and oxygen atoms in total. The molecular formula is C18H23N5. The van der Waals surface area contributed by atoms with Gasteiger partial charge in [-0.3, -0.25) is 0 Å². The summed E-state index contributed by atoms with van der Waals surface area (Å²) in [6, 6.07) is 10.6. The van der Waals surface area contributed by atoms with Crippen LogP contribution in [0, 0.1) is 17.2 Å². The van der Waals surface area contributed by atoms with Gasteiger partial charge in [0.05, 0.1) is 11.4 Å². The number of nitriles is 1. The van der Waals surface area contributed by atoms with Gasteiger partial charge in [-0.2, -0.15) is 5.26 Å². The Morgan fingerprint density at radius 3 is 2.35 bits per heavy atom. The molecular weight excluding hydrogens is 286 g/mol. The maximum absolute atomic E-state index is 9.23. The van der Waals surface area contributed by atoms with Crippen LogP contribution in [0.4, 0.5) is 5.69 Å². The van der Waals surface area contributed by atoms with Crippen molar-refractivity contribution in [2.45, 2.75) is 39.5 Å². The van der Waals surface area contributed by atoms with Crippen molar-refractivity contribution < 1.29 is 0 Å². The highest BCUT2D eigenvalue weighted by atomic mass is 15.4. The van der Waals surface area contributed by atoms with E-state index in [2.05, 4.69) is 59.4 Å². The van der Waals surface area contributed by atoms with E-state index in [4.69, 9.17) is 0 Å². The molecule has 120 valence electrons. The standard InChI is InChI=1S/C18H23N5/c1-14(2)12-18-17(13-19)20-21-23(18)16-8-6-15(7-9-16)22-10-4-3-5-11-22/h6-9,14H,3-5,10-12H2,1-2H3. The molecule has 1 aliphatic heterocycles. The Morgan fingerprint density at radius 1 is 1.09 bits per heavy atom. The van der Waals surface area contributed by atoms with Gasteiger partial charge in [0, 0.05) is 18.8 Å². The van der Waals surface area contributed by atoms with Crippen LogP contribution < -0.4 is 4.90 Å². The second-order valence-electron chi connectivity index (χ2n) is 6.57. The third-order valence-electron chi connectivity index (χ3n) is 4.29. The van der Waals surface area contributed by atoms with Crippen LogP contribution in [0.1, 0.15) is 44.5 Å². The van der Waals surface area contributed by atoms with Crippen LogP contribution in [0.5, 0.6) is 0 Å². The van der Waals surface area contributed by atoms with E-state index in [-0.39, 0.29) is 0 Å². The molecule has 0 aliphatic carbocycles. The highest BCUT2D eigenvalue weighted by Crippen LogP contribution is 2.23. The molecule has 1 fully saturated rings. The first-order chi connectivity index (χ1) is 11.2. The Morgan fingerprint density at radius 2 is 1.74 bits per heavy atom. The normalized spacial score (nSPS) is 15.0. The Labute approximate surface area is 137 Å². The summed E-state index contributed by atoms with van der Waals surface area (Å²) >= 11 is 0. The maximum Gasteiger partial charge on any atom is 0.186 e. The molecule has 0 unspecified atom stereocenters. The first kappa shape index (κ1) is 15.5. The maximum atomic E-state index is 9.23. The van der Waals surface area contributed by atoms with Crippen molar-refractivity contribution in [2.75, 3.05) is 18.0 Å². The summed E-state index contributed by atoms with van der Waals surface area (Å²) in [5, 5.41) is 17.4. The molecule has 1 aromatic carbocycles. The summed E-state index contributed by atoms with van der Waals surface area (Å²) < 4.78 is 1.80. The molecule has 1 saturated heterocycles. The number of rotatable bonds is 4. The number of anilines is 1. The highest BCUT2D eigenvalue weighted by molar-refractivity contribution is 5.51. The van der Waals surface area contributed by atoms with Gasteiger partial charge in [0.2, 0.25) is 0 Å². The fraction of sp³-hybridized carbons (Fsp3) is 0.500. The molecule has 5 heteroatoms. The molecule has 1 aromatic heterocycles. The van der Waals surface area contributed by atoms with E-state index in [0.29, 0.717) is 11.6 Å². The van der Waals surface area contributed by atoms with Crippen LogP contribution in [0.15, 0.2) is 24.3 Å². The Bertz CT molecular complexity index is 687. The predicted octanol–water partition coefficient (Wildman–Crippen LogP) is 3.33. The minimum Gasteiger partial charge on any atom is -0.372 e. The van der Waals surface area contributed by atoms with E-state index in [9.17, 15) is 5.26 Å². The zero-order valence-corrected chi connectivity index (χ0v) is 13.9. The molecule has 0 bridgehead atoms. The fourth-order valence-corrected chi connectivity index (χ4v) is 3.12. The number of hydrogen-bond acceptors (Lipinski definition) is 4. The second kappa shape index (κ2) is 6.82. The van der Waals surface area contributed by atoms with E-state index in [1.165, 1.54) is 24.9 Å². The van der Waals surface area contributed by atoms with Gasteiger partial charge in [-0.25, -0.2) is 4.68 Å². The number of hydrogen-bond donors (Lipinski definition) is 0. The summed E-state index contributed by atoms with van der Waals surface area (Å²) in [6.45, 7) is 6.55. The first-order valence-corrected chi connectivity index (χ1v) is 8.39. The minimum atomic E-state index is 0.429. The third-order valence-corrected chi connectivity index (χ3v) is 4.29. The van der Waals surface area contributed by atoms with Crippen LogP contribution in [-0.4, -0.2) is 28.1 Å². The van der Waals surface area contributed by atoms with Crippen molar-refractivity contribution in [1.29, 1.82) is 5.26 Å². The van der Waals surface area contributed by atoms with Crippen molar-refractivity contribution in [3.63, 3.8) is 0 Å². The summed E-state index contributed by atoms with van der Waals surface area (Å²) in [4.78, 5) is 2.43. The van der Waals surface area contributed by atoms with Gasteiger partial charge in [0.15, 0.2) is 5.69 Å². The second-order valence-corrected chi connectivity index (χ2v) is 6.57. The number of aromatic nitrogens is 3. The van der Waals surface area contributed by atoms with Crippen molar-refractivity contribution >= 4 is 5.69 Å². The largest absolute Gasteiger partial charge is 0.372 e. The lowest BCUT2D eigenvalue weighted by Crippen LogP contribution is -2.29. The Hall–Kier alpha value is -2.35. The number of piperidine rings is 1. The van der Waals surface area contributed by atoms with E-state index < -0.39 is 0 Å². The van der Waals surface area contributed by atoms with Crippen LogP contribution in [0.3, 0.4) is 0 Å². The summed E-state index contributed by atoms with van der Waals surface area (Å²) in [7, 11) is 0. The van der Waals surface area contributed by atoms with Crippen LogP contribution in [0.25, 0.3) is 5.69 Å². The molecule has 0 saturated carbocycles. The smallest absolute Gasteiger partial charge is 0.186 e. The molecule has 23 heavy (non-hydrogen) atoms. The fourth-order valence-electron chi connectivity index (χ4n) is 3.12. The minimum absolute atomic E-state index is 0.429. The van der Waals surface area contributed by atoms with Gasteiger partial charge in [0.1, 0.15) is 6.07 Å². The molecule has 0 N–H and O–H groups in total. The van der Waals surface area contributed by atoms with E-state index >= 15 is 0 Å². The predicted molar refractivity (Wildman–Crippen MR) is 90.7 cm³/mol. The Balaban J connectivity index is 1.87. The zero-order valence-electron chi connectivity index (χ0n) is 13.9. The van der Waals surface area contributed by atoms with Gasteiger partial charge >= 0.3 is 0 Å². The SMILES string of the molecule is CC(C)Cc1c(C#N)nnn1-c1ccc(N2CCCCC2)cc1. The average molecular weight is 309 g/mol. The first-order valence-electron chi connectivity index (χ1n) is 8.39. The highest BCUT2D eigenvalue weighted by Gasteiger charge is 2.16. The molecule has 0 atom stereocenters. The lowest BCUT2D eigenvalue weighted by atomic mass is 10.1. The van der Waals surface area contributed by atoms with Crippen LogP contribution in [-0.2, 0) is 6.42 Å². The lowest BCUT2D eigenvalue weighted by molar-refractivity contribution is 0.578. The van der Waals surface area contributed by atoms with E-state index in [0.717, 1.165) is 30.9 Å². The zero-order chi connectivity index (χ0) is 16.2. The van der Waals surface area contributed by atoms with Crippen molar-refractivity contribution in [3.05, 3.63) is 35.7 Å². The molecule has 1 aliphatic rings. The van der Waals surface area contributed by atoms with Gasteiger partial charge in [-0.1, -0.05) is 19.1 Å². The molecule has 2 heterocycles. The van der Waals surface area contributed by atoms with Gasteiger partial charge in [0.25, 0.3) is 0 Å².